The molecule has 2 fully saturated rings. The highest BCUT2D eigenvalue weighted by atomic mass is 32.2. The zero-order valence-corrected chi connectivity index (χ0v) is 19.3. The van der Waals surface area contributed by atoms with Gasteiger partial charge in [-0.3, -0.25) is 25.0 Å². The van der Waals surface area contributed by atoms with Crippen molar-refractivity contribution in [1.82, 2.24) is 15.5 Å². The predicted molar refractivity (Wildman–Crippen MR) is 124 cm³/mol. The molecule has 2 saturated heterocycles. The van der Waals surface area contributed by atoms with Crippen molar-refractivity contribution in [1.29, 1.82) is 0 Å². The highest BCUT2D eigenvalue weighted by Crippen LogP contribution is 2.39. The second kappa shape index (κ2) is 9.86. The van der Waals surface area contributed by atoms with Gasteiger partial charge in [0.2, 0.25) is 5.91 Å². The Kier molecular flexibility index (Phi) is 7.04. The number of non-ortho nitro benzene ring substituents is 1. The number of benzene rings is 2. The number of hydrogen-bond donors (Lipinski definition) is 2. The molecule has 2 aliphatic rings. The second-order valence-electron chi connectivity index (χ2n) is 8.52. The Hall–Kier alpha value is -3.12. The van der Waals surface area contributed by atoms with Crippen molar-refractivity contribution in [3.63, 3.8) is 0 Å². The number of amides is 2. The van der Waals surface area contributed by atoms with E-state index in [1.54, 1.807) is 22.7 Å². The van der Waals surface area contributed by atoms with E-state index in [0.29, 0.717) is 37.2 Å². The standard InChI is InChI=1S/C23H23F3N4O4S/c24-23(25,26)17-5-1-3-15(11-17)13-27-20(31)19-14-35-22(28-19)7-9-29(10-8-22)21(32)16-4-2-6-18(12-16)30(33)34/h1-6,11-12,19,28H,7-10,13-14H2,(H,27,31). The minimum atomic E-state index is -4.44. The van der Waals surface area contributed by atoms with Crippen molar-refractivity contribution in [2.45, 2.75) is 36.5 Å². The molecular weight excluding hydrogens is 485 g/mol. The number of nitro benzene ring substituents is 1. The molecule has 2 aromatic carbocycles. The molecule has 0 aromatic heterocycles. The van der Waals surface area contributed by atoms with Gasteiger partial charge in [0.05, 0.1) is 21.4 Å². The van der Waals surface area contributed by atoms with Gasteiger partial charge in [0.25, 0.3) is 11.6 Å². The first-order valence-electron chi connectivity index (χ1n) is 11.0. The summed E-state index contributed by atoms with van der Waals surface area (Å²) in [4.78, 5) is 37.1. The van der Waals surface area contributed by atoms with Crippen molar-refractivity contribution >= 4 is 29.3 Å². The summed E-state index contributed by atoms with van der Waals surface area (Å²) in [7, 11) is 0. The molecule has 4 rings (SSSR count). The zero-order chi connectivity index (χ0) is 25.2. The molecule has 35 heavy (non-hydrogen) atoms. The number of thioether (sulfide) groups is 1. The lowest BCUT2D eigenvalue weighted by Crippen LogP contribution is -2.54. The lowest BCUT2D eigenvalue weighted by atomic mass is 10.0. The first-order chi connectivity index (χ1) is 16.6. The van der Waals surface area contributed by atoms with Crippen molar-refractivity contribution < 1.29 is 27.7 Å². The summed E-state index contributed by atoms with van der Waals surface area (Å²) in [6.45, 7) is 0.851. The third-order valence-electron chi connectivity index (χ3n) is 6.16. The van der Waals surface area contributed by atoms with E-state index in [1.807, 2.05) is 0 Å². The number of likely N-dealkylation sites (tertiary alicyclic amines) is 1. The number of piperidine rings is 1. The van der Waals surface area contributed by atoms with Crippen LogP contribution in [0.4, 0.5) is 18.9 Å². The third kappa shape index (κ3) is 5.76. The monoisotopic (exact) mass is 508 g/mol. The number of carbonyl (C=O) groups excluding carboxylic acids is 2. The lowest BCUT2D eigenvalue weighted by molar-refractivity contribution is -0.384. The largest absolute Gasteiger partial charge is 0.416 e. The van der Waals surface area contributed by atoms with Crippen molar-refractivity contribution in [3.8, 4) is 0 Å². The molecule has 0 saturated carbocycles. The maximum atomic E-state index is 12.9. The molecule has 1 atom stereocenters. The molecule has 2 amide bonds. The van der Waals surface area contributed by atoms with Crippen LogP contribution in [-0.4, -0.2) is 51.4 Å². The number of alkyl halides is 3. The minimum Gasteiger partial charge on any atom is -0.351 e. The van der Waals surface area contributed by atoms with Crippen LogP contribution in [0.25, 0.3) is 0 Å². The molecule has 0 bridgehead atoms. The Bertz CT molecular complexity index is 1140. The Labute approximate surface area is 203 Å². The summed E-state index contributed by atoms with van der Waals surface area (Å²) in [5, 5.41) is 17.0. The van der Waals surface area contributed by atoms with Gasteiger partial charge in [0, 0.05) is 43.1 Å². The second-order valence-corrected chi connectivity index (χ2v) is 9.92. The molecule has 1 spiro atoms. The van der Waals surface area contributed by atoms with Crippen LogP contribution in [0.15, 0.2) is 48.5 Å². The van der Waals surface area contributed by atoms with Crippen molar-refractivity contribution in [2.75, 3.05) is 18.8 Å². The van der Waals surface area contributed by atoms with E-state index < -0.39 is 22.7 Å². The summed E-state index contributed by atoms with van der Waals surface area (Å²) in [6, 6.07) is 9.98. The average molecular weight is 509 g/mol. The van der Waals surface area contributed by atoms with Crippen LogP contribution in [0.1, 0.15) is 34.3 Å². The lowest BCUT2D eigenvalue weighted by Gasteiger charge is -2.39. The van der Waals surface area contributed by atoms with Crippen LogP contribution in [0.2, 0.25) is 0 Å². The molecule has 2 aliphatic heterocycles. The van der Waals surface area contributed by atoms with E-state index in [0.717, 1.165) is 12.1 Å². The molecular formula is C23H23F3N4O4S. The van der Waals surface area contributed by atoms with Crippen LogP contribution >= 0.6 is 11.8 Å². The molecule has 186 valence electrons. The number of rotatable bonds is 5. The Morgan fingerprint density at radius 1 is 1.17 bits per heavy atom. The Morgan fingerprint density at radius 3 is 2.57 bits per heavy atom. The smallest absolute Gasteiger partial charge is 0.351 e. The predicted octanol–water partition coefficient (Wildman–Crippen LogP) is 3.57. The summed E-state index contributed by atoms with van der Waals surface area (Å²) in [5.41, 5.74) is -0.281. The van der Waals surface area contributed by atoms with Gasteiger partial charge >= 0.3 is 6.18 Å². The van der Waals surface area contributed by atoms with E-state index in [4.69, 9.17) is 0 Å². The van der Waals surface area contributed by atoms with Gasteiger partial charge in [-0.05, 0) is 36.6 Å². The first-order valence-corrected chi connectivity index (χ1v) is 11.9. The number of nitro groups is 1. The highest BCUT2D eigenvalue weighted by Gasteiger charge is 2.44. The molecule has 1 unspecified atom stereocenters. The van der Waals surface area contributed by atoms with E-state index in [1.165, 1.54) is 30.3 Å². The maximum absolute atomic E-state index is 12.9. The highest BCUT2D eigenvalue weighted by molar-refractivity contribution is 8.01. The molecule has 2 N–H and O–H groups in total. The van der Waals surface area contributed by atoms with Crippen LogP contribution in [0, 0.1) is 10.1 Å². The molecule has 12 heteroatoms. The van der Waals surface area contributed by atoms with E-state index >= 15 is 0 Å². The number of nitrogens with one attached hydrogen (secondary N) is 2. The van der Waals surface area contributed by atoms with E-state index in [9.17, 15) is 32.9 Å². The van der Waals surface area contributed by atoms with Crippen LogP contribution in [0.3, 0.4) is 0 Å². The van der Waals surface area contributed by atoms with Gasteiger partial charge in [-0.15, -0.1) is 11.8 Å². The molecule has 8 nitrogen and oxygen atoms in total. The van der Waals surface area contributed by atoms with Gasteiger partial charge in [0.1, 0.15) is 0 Å². The summed E-state index contributed by atoms with van der Waals surface area (Å²) < 4.78 is 38.7. The van der Waals surface area contributed by atoms with Crippen molar-refractivity contribution in [2.24, 2.45) is 0 Å². The van der Waals surface area contributed by atoms with Gasteiger partial charge < -0.3 is 10.2 Å². The number of halogens is 3. The quantitative estimate of drug-likeness (QED) is 0.473. The van der Waals surface area contributed by atoms with Crippen LogP contribution < -0.4 is 10.6 Å². The van der Waals surface area contributed by atoms with Crippen molar-refractivity contribution in [3.05, 3.63) is 75.3 Å². The molecule has 2 aromatic rings. The minimum absolute atomic E-state index is 0.00983. The Balaban J connectivity index is 1.29. The zero-order valence-electron chi connectivity index (χ0n) is 18.5. The number of hydrogen-bond acceptors (Lipinski definition) is 6. The van der Waals surface area contributed by atoms with Crippen LogP contribution in [0.5, 0.6) is 0 Å². The summed E-state index contributed by atoms with van der Waals surface area (Å²) in [6.07, 6.45) is -3.26. The number of carbonyl (C=O) groups is 2. The topological polar surface area (TPSA) is 105 Å². The fourth-order valence-electron chi connectivity index (χ4n) is 4.25. The SMILES string of the molecule is O=C(NCc1cccc(C(F)(F)F)c1)C1CSC2(CCN(C(=O)c3cccc([N+](=O)[O-])c3)CC2)N1. The van der Waals surface area contributed by atoms with E-state index in [2.05, 4.69) is 10.6 Å². The fourth-order valence-corrected chi connectivity index (χ4v) is 5.67. The normalized spacial score (nSPS) is 19.5. The van der Waals surface area contributed by atoms with Gasteiger partial charge in [0.15, 0.2) is 0 Å². The van der Waals surface area contributed by atoms with Crippen LogP contribution in [-0.2, 0) is 17.5 Å². The average Bonchev–Trinajstić information content (AvgIpc) is 3.26. The first kappa shape index (κ1) is 25.0. The molecule has 0 aliphatic carbocycles. The van der Waals surface area contributed by atoms with Gasteiger partial charge in [-0.2, -0.15) is 13.2 Å². The fraction of sp³-hybridized carbons (Fsp3) is 0.391. The third-order valence-corrected chi connectivity index (χ3v) is 7.74. The summed E-state index contributed by atoms with van der Waals surface area (Å²) >= 11 is 1.60. The molecule has 0 radical (unpaired) electrons. The maximum Gasteiger partial charge on any atom is 0.416 e. The molecule has 2 heterocycles. The summed E-state index contributed by atoms with van der Waals surface area (Å²) in [5.74, 6) is -0.0587. The number of nitrogens with zero attached hydrogens (tertiary/aromatic N) is 2. The van der Waals surface area contributed by atoms with Gasteiger partial charge in [-0.1, -0.05) is 18.2 Å². The Morgan fingerprint density at radius 2 is 1.89 bits per heavy atom. The van der Waals surface area contributed by atoms with Gasteiger partial charge in [-0.25, -0.2) is 0 Å². The van der Waals surface area contributed by atoms with E-state index in [-0.39, 0.29) is 34.5 Å².